The van der Waals surface area contributed by atoms with E-state index >= 15 is 0 Å². The fourth-order valence-electron chi connectivity index (χ4n) is 0.831. The number of hydrogen-bond donors (Lipinski definition) is 2. The minimum absolute atomic E-state index is 0.171. The lowest BCUT2D eigenvalue weighted by atomic mass is 10.2. The summed E-state index contributed by atoms with van der Waals surface area (Å²) < 4.78 is 0. The molecule has 0 bridgehead atoms. The molecular formula is C9H8N2O2. The van der Waals surface area contributed by atoms with Crippen LogP contribution in [0.15, 0.2) is 18.3 Å². The number of nitrogens with one attached hydrogen (secondary N) is 1. The number of amides is 1. The molecule has 13 heavy (non-hydrogen) atoms. The van der Waals surface area contributed by atoms with Crippen LogP contribution < -0.4 is 5.32 Å². The normalized spacial score (nSPS) is 8.85. The zero-order valence-electron chi connectivity index (χ0n) is 6.82. The lowest BCUT2D eigenvalue weighted by molar-refractivity contribution is 0.194. The third kappa shape index (κ3) is 2.83. The predicted octanol–water partition coefficient (Wildman–Crippen LogP) is 0.830. The second-order valence-corrected chi connectivity index (χ2v) is 2.34. The van der Waals surface area contributed by atoms with Gasteiger partial charge in [0.15, 0.2) is 0 Å². The summed E-state index contributed by atoms with van der Waals surface area (Å²) in [5.74, 6) is 2.44. The minimum Gasteiger partial charge on any atom is -0.465 e. The Kier molecular flexibility index (Phi) is 2.87. The van der Waals surface area contributed by atoms with Crippen molar-refractivity contribution in [3.05, 3.63) is 29.6 Å². The lowest BCUT2D eigenvalue weighted by Gasteiger charge is -2.00. The number of carboxylic acid groups (broad SMARTS) is 1. The Morgan fingerprint density at radius 3 is 3.15 bits per heavy atom. The van der Waals surface area contributed by atoms with E-state index in [9.17, 15) is 4.79 Å². The van der Waals surface area contributed by atoms with Gasteiger partial charge in [0, 0.05) is 11.8 Å². The molecule has 1 heterocycles. The molecular weight excluding hydrogens is 168 g/mol. The second-order valence-electron chi connectivity index (χ2n) is 2.34. The fraction of sp³-hybridized carbons (Fsp3) is 0.111. The van der Waals surface area contributed by atoms with Gasteiger partial charge in [-0.3, -0.25) is 4.98 Å². The zero-order chi connectivity index (χ0) is 9.68. The minimum atomic E-state index is -1.08. The summed E-state index contributed by atoms with van der Waals surface area (Å²) in [5.41, 5.74) is 1.30. The van der Waals surface area contributed by atoms with Crippen molar-refractivity contribution in [1.29, 1.82) is 0 Å². The molecule has 1 aromatic heterocycles. The Morgan fingerprint density at radius 2 is 2.54 bits per heavy atom. The van der Waals surface area contributed by atoms with E-state index in [1.54, 1.807) is 18.3 Å². The van der Waals surface area contributed by atoms with Crippen LogP contribution in [-0.4, -0.2) is 16.2 Å². The van der Waals surface area contributed by atoms with Gasteiger partial charge in [0.2, 0.25) is 0 Å². The van der Waals surface area contributed by atoms with Crippen molar-refractivity contribution in [2.24, 2.45) is 0 Å². The first-order chi connectivity index (χ1) is 6.22. The largest absolute Gasteiger partial charge is 0.465 e. The lowest BCUT2D eigenvalue weighted by Crippen LogP contribution is -2.20. The molecule has 0 radical (unpaired) electrons. The number of rotatable bonds is 2. The van der Waals surface area contributed by atoms with Gasteiger partial charge in [0.1, 0.15) is 0 Å². The highest BCUT2D eigenvalue weighted by molar-refractivity contribution is 5.64. The quantitative estimate of drug-likeness (QED) is 0.656. The van der Waals surface area contributed by atoms with Gasteiger partial charge in [0.05, 0.1) is 12.2 Å². The molecule has 0 saturated carbocycles. The van der Waals surface area contributed by atoms with Crippen molar-refractivity contribution in [3.63, 3.8) is 0 Å². The Morgan fingerprint density at radius 1 is 1.77 bits per heavy atom. The Hall–Kier alpha value is -2.02. The maximum atomic E-state index is 10.1. The molecule has 0 unspecified atom stereocenters. The van der Waals surface area contributed by atoms with Gasteiger partial charge >= 0.3 is 6.09 Å². The average molecular weight is 176 g/mol. The van der Waals surface area contributed by atoms with Crippen LogP contribution in [0, 0.1) is 12.3 Å². The van der Waals surface area contributed by atoms with Gasteiger partial charge in [-0.1, -0.05) is 5.92 Å². The molecule has 0 aliphatic carbocycles. The molecule has 1 amide bonds. The van der Waals surface area contributed by atoms with E-state index in [1.165, 1.54) is 0 Å². The van der Waals surface area contributed by atoms with E-state index in [1.807, 2.05) is 0 Å². The van der Waals surface area contributed by atoms with Crippen LogP contribution in [-0.2, 0) is 6.54 Å². The maximum Gasteiger partial charge on any atom is 0.404 e. The first kappa shape index (κ1) is 9.07. The van der Waals surface area contributed by atoms with Gasteiger partial charge in [-0.2, -0.15) is 0 Å². The molecule has 0 aliphatic heterocycles. The standard InChI is InChI=1S/C9H8N2O2/c1-2-7-3-4-10-8(5-7)6-11-9(12)13/h1,3-5,11H,6H2,(H,12,13). The highest BCUT2D eigenvalue weighted by atomic mass is 16.4. The van der Waals surface area contributed by atoms with Crippen molar-refractivity contribution in [2.75, 3.05) is 0 Å². The third-order valence-electron chi connectivity index (χ3n) is 1.40. The Labute approximate surface area is 75.6 Å². The number of pyridine rings is 1. The molecule has 66 valence electrons. The van der Waals surface area contributed by atoms with Crippen molar-refractivity contribution < 1.29 is 9.90 Å². The van der Waals surface area contributed by atoms with Gasteiger partial charge in [0.25, 0.3) is 0 Å². The van der Waals surface area contributed by atoms with Crippen LogP contribution in [0.2, 0.25) is 0 Å². The molecule has 0 aliphatic rings. The molecule has 1 aromatic rings. The van der Waals surface area contributed by atoms with Crippen molar-refractivity contribution >= 4 is 6.09 Å². The van der Waals surface area contributed by atoms with E-state index in [4.69, 9.17) is 11.5 Å². The van der Waals surface area contributed by atoms with E-state index in [0.29, 0.717) is 11.3 Å². The molecule has 0 aromatic carbocycles. The van der Waals surface area contributed by atoms with Gasteiger partial charge < -0.3 is 10.4 Å². The fourth-order valence-corrected chi connectivity index (χ4v) is 0.831. The summed E-state index contributed by atoms with van der Waals surface area (Å²) in [6, 6.07) is 3.35. The SMILES string of the molecule is C#Cc1ccnc(CNC(=O)O)c1. The van der Waals surface area contributed by atoms with Crippen molar-refractivity contribution in [3.8, 4) is 12.3 Å². The molecule has 0 spiro atoms. The summed E-state index contributed by atoms with van der Waals surface area (Å²) >= 11 is 0. The number of aromatic nitrogens is 1. The number of carbonyl (C=O) groups is 1. The van der Waals surface area contributed by atoms with Crippen LogP contribution in [0.4, 0.5) is 4.79 Å². The van der Waals surface area contributed by atoms with Crippen LogP contribution in [0.1, 0.15) is 11.3 Å². The summed E-state index contributed by atoms with van der Waals surface area (Å²) in [6.45, 7) is 0.171. The number of nitrogens with zero attached hydrogens (tertiary/aromatic N) is 1. The van der Waals surface area contributed by atoms with Crippen LogP contribution in [0.25, 0.3) is 0 Å². The summed E-state index contributed by atoms with van der Waals surface area (Å²) in [7, 11) is 0. The van der Waals surface area contributed by atoms with E-state index in [0.717, 1.165) is 0 Å². The van der Waals surface area contributed by atoms with Crippen LogP contribution in [0.5, 0.6) is 0 Å². The van der Waals surface area contributed by atoms with E-state index < -0.39 is 6.09 Å². The zero-order valence-corrected chi connectivity index (χ0v) is 6.82. The predicted molar refractivity (Wildman–Crippen MR) is 47.0 cm³/mol. The molecule has 4 heteroatoms. The van der Waals surface area contributed by atoms with Gasteiger partial charge in [-0.05, 0) is 12.1 Å². The summed E-state index contributed by atoms with van der Waals surface area (Å²) in [5, 5.41) is 10.5. The third-order valence-corrected chi connectivity index (χ3v) is 1.40. The summed E-state index contributed by atoms with van der Waals surface area (Å²) in [6.07, 6.45) is 5.63. The first-order valence-corrected chi connectivity index (χ1v) is 3.60. The number of hydrogen-bond acceptors (Lipinski definition) is 2. The van der Waals surface area contributed by atoms with Crippen molar-refractivity contribution in [1.82, 2.24) is 10.3 Å². The van der Waals surface area contributed by atoms with Crippen LogP contribution >= 0.6 is 0 Å². The van der Waals surface area contributed by atoms with Gasteiger partial charge in [-0.15, -0.1) is 6.42 Å². The average Bonchev–Trinajstić information content (AvgIpc) is 2.15. The Bertz CT molecular complexity index is 355. The molecule has 4 nitrogen and oxygen atoms in total. The second kappa shape index (κ2) is 4.12. The topological polar surface area (TPSA) is 62.2 Å². The molecule has 0 saturated heterocycles. The highest BCUT2D eigenvalue weighted by Crippen LogP contribution is 1.99. The van der Waals surface area contributed by atoms with Crippen LogP contribution in [0.3, 0.4) is 0 Å². The first-order valence-electron chi connectivity index (χ1n) is 3.60. The molecule has 0 fully saturated rings. The number of terminal acetylenes is 1. The highest BCUT2D eigenvalue weighted by Gasteiger charge is 1.97. The molecule has 1 rings (SSSR count). The molecule has 2 N–H and O–H groups in total. The van der Waals surface area contributed by atoms with E-state index in [2.05, 4.69) is 16.2 Å². The maximum absolute atomic E-state index is 10.1. The van der Waals surface area contributed by atoms with E-state index in [-0.39, 0.29) is 6.54 Å². The Balaban J connectivity index is 2.68. The molecule has 0 atom stereocenters. The monoisotopic (exact) mass is 176 g/mol. The van der Waals surface area contributed by atoms with Crippen molar-refractivity contribution in [2.45, 2.75) is 6.54 Å². The summed E-state index contributed by atoms with van der Waals surface area (Å²) in [4.78, 5) is 14.1. The van der Waals surface area contributed by atoms with Gasteiger partial charge in [-0.25, -0.2) is 4.79 Å². The smallest absolute Gasteiger partial charge is 0.404 e.